The second kappa shape index (κ2) is 10.0. The number of amides is 1. The largest absolute Gasteiger partial charge is 0.436 e. The Hall–Kier alpha value is -5.01. The molecular formula is C31H21ClN4O3. The first-order valence-electron chi connectivity index (χ1n) is 12.2. The predicted molar refractivity (Wildman–Crippen MR) is 151 cm³/mol. The van der Waals surface area contributed by atoms with E-state index in [0.29, 0.717) is 39.0 Å². The summed E-state index contributed by atoms with van der Waals surface area (Å²) in [5.74, 6) is -0.172. The molecule has 0 atom stereocenters. The Balaban J connectivity index is 1.23. The number of aryl methyl sites for hydroxylation is 1. The van der Waals surface area contributed by atoms with Crippen molar-refractivity contribution in [2.45, 2.75) is 6.92 Å². The number of carbonyl (C=O) groups excluding carboxylic acids is 2. The number of H-pyrrole nitrogens is 1. The Labute approximate surface area is 228 Å². The summed E-state index contributed by atoms with van der Waals surface area (Å²) in [7, 11) is 0. The summed E-state index contributed by atoms with van der Waals surface area (Å²) in [6, 6.07) is 26.4. The number of oxazole rings is 1. The zero-order chi connectivity index (χ0) is 26.9. The fourth-order valence-corrected chi connectivity index (χ4v) is 4.49. The van der Waals surface area contributed by atoms with E-state index in [0.717, 1.165) is 22.2 Å². The molecule has 2 aromatic heterocycles. The number of hydrogen-bond acceptors (Lipinski definition) is 5. The van der Waals surface area contributed by atoms with Crippen LogP contribution in [0.1, 0.15) is 31.8 Å². The summed E-state index contributed by atoms with van der Waals surface area (Å²) < 4.78 is 5.99. The Kier molecular flexibility index (Phi) is 6.26. The lowest BCUT2D eigenvalue weighted by molar-refractivity contribution is 0.0996. The molecule has 0 radical (unpaired) electrons. The lowest BCUT2D eigenvalue weighted by Crippen LogP contribution is -2.16. The van der Waals surface area contributed by atoms with Gasteiger partial charge in [0.25, 0.3) is 5.91 Å². The number of nitrogens with one attached hydrogen (secondary N) is 2. The minimum absolute atomic E-state index is 0.256. The van der Waals surface area contributed by atoms with Crippen LogP contribution < -0.4 is 5.32 Å². The molecule has 0 fully saturated rings. The van der Waals surface area contributed by atoms with Crippen molar-refractivity contribution in [3.63, 3.8) is 0 Å². The van der Waals surface area contributed by atoms with Gasteiger partial charge in [-0.05, 0) is 67.1 Å². The van der Waals surface area contributed by atoms with Gasteiger partial charge in [0.15, 0.2) is 11.4 Å². The molecule has 0 unspecified atom stereocenters. The molecule has 2 heterocycles. The van der Waals surface area contributed by atoms with Crippen molar-refractivity contribution < 1.29 is 14.0 Å². The lowest BCUT2D eigenvalue weighted by atomic mass is 9.98. The number of benzene rings is 4. The van der Waals surface area contributed by atoms with Crippen LogP contribution in [0.2, 0.25) is 5.02 Å². The molecule has 0 aliphatic heterocycles. The van der Waals surface area contributed by atoms with E-state index < -0.39 is 0 Å². The molecule has 190 valence electrons. The first kappa shape index (κ1) is 24.3. The number of nitrogens with zero attached hydrogens (tertiary/aromatic N) is 2. The minimum Gasteiger partial charge on any atom is -0.436 e. The van der Waals surface area contributed by atoms with Crippen molar-refractivity contribution >= 4 is 40.1 Å². The average molecular weight is 533 g/mol. The number of hydrogen-bond donors (Lipinski definition) is 2. The molecule has 4 aromatic carbocycles. The summed E-state index contributed by atoms with van der Waals surface area (Å²) in [4.78, 5) is 30.9. The summed E-state index contributed by atoms with van der Waals surface area (Å²) >= 11 is 5.95. The molecule has 0 aliphatic rings. The molecule has 8 heteroatoms. The van der Waals surface area contributed by atoms with Crippen LogP contribution in [0.25, 0.3) is 33.8 Å². The van der Waals surface area contributed by atoms with Crippen LogP contribution in [0.15, 0.2) is 102 Å². The van der Waals surface area contributed by atoms with E-state index in [-0.39, 0.29) is 17.3 Å². The number of rotatable bonds is 6. The van der Waals surface area contributed by atoms with Gasteiger partial charge in [-0.2, -0.15) is 5.10 Å². The van der Waals surface area contributed by atoms with E-state index in [1.165, 1.54) is 0 Å². The molecule has 0 spiro atoms. The third-order valence-electron chi connectivity index (χ3n) is 6.35. The fraction of sp³-hybridized carbons (Fsp3) is 0.0323. The van der Waals surface area contributed by atoms with Crippen molar-refractivity contribution in [3.05, 3.63) is 124 Å². The molecule has 39 heavy (non-hydrogen) atoms. The van der Waals surface area contributed by atoms with Gasteiger partial charge in [-0.25, -0.2) is 4.98 Å². The zero-order valence-corrected chi connectivity index (χ0v) is 21.5. The van der Waals surface area contributed by atoms with E-state index in [1.807, 2.05) is 37.3 Å². The Morgan fingerprint density at radius 1 is 0.897 bits per heavy atom. The van der Waals surface area contributed by atoms with Gasteiger partial charge in [0.1, 0.15) is 11.2 Å². The summed E-state index contributed by atoms with van der Waals surface area (Å²) in [6.45, 7) is 2.00. The topological polar surface area (TPSA) is 101 Å². The summed E-state index contributed by atoms with van der Waals surface area (Å²) in [6.07, 6.45) is 1.75. The van der Waals surface area contributed by atoms with Crippen molar-refractivity contribution in [2.75, 3.05) is 5.32 Å². The van der Waals surface area contributed by atoms with Gasteiger partial charge in [-0.1, -0.05) is 48.0 Å². The maximum Gasteiger partial charge on any atom is 0.256 e. The highest BCUT2D eigenvalue weighted by Crippen LogP contribution is 2.32. The van der Waals surface area contributed by atoms with Crippen molar-refractivity contribution in [1.29, 1.82) is 0 Å². The van der Waals surface area contributed by atoms with Crippen molar-refractivity contribution in [2.24, 2.45) is 0 Å². The van der Waals surface area contributed by atoms with Gasteiger partial charge in [0, 0.05) is 33.6 Å². The van der Waals surface area contributed by atoms with Crippen LogP contribution in [-0.4, -0.2) is 26.9 Å². The molecule has 6 aromatic rings. The number of aromatic amines is 1. The first-order valence-corrected chi connectivity index (χ1v) is 12.6. The number of carbonyl (C=O) groups is 2. The zero-order valence-electron chi connectivity index (χ0n) is 20.7. The minimum atomic E-state index is -0.386. The van der Waals surface area contributed by atoms with Crippen LogP contribution >= 0.6 is 11.6 Å². The van der Waals surface area contributed by atoms with E-state index in [2.05, 4.69) is 20.5 Å². The third kappa shape index (κ3) is 4.83. The van der Waals surface area contributed by atoms with Gasteiger partial charge >= 0.3 is 0 Å². The smallest absolute Gasteiger partial charge is 0.256 e. The fourth-order valence-electron chi connectivity index (χ4n) is 4.37. The molecule has 1 amide bonds. The highest BCUT2D eigenvalue weighted by atomic mass is 35.5. The van der Waals surface area contributed by atoms with E-state index in [9.17, 15) is 9.59 Å². The highest BCUT2D eigenvalue weighted by molar-refractivity contribution is 6.30. The summed E-state index contributed by atoms with van der Waals surface area (Å²) in [5.41, 5.74) is 6.42. The van der Waals surface area contributed by atoms with Crippen LogP contribution in [0.5, 0.6) is 0 Å². The van der Waals surface area contributed by atoms with Gasteiger partial charge < -0.3 is 9.73 Å². The molecule has 7 nitrogen and oxygen atoms in total. The molecule has 0 saturated carbocycles. The van der Waals surface area contributed by atoms with Gasteiger partial charge in [0.05, 0.1) is 11.1 Å². The van der Waals surface area contributed by atoms with Crippen molar-refractivity contribution in [3.8, 4) is 22.7 Å². The molecule has 2 N–H and O–H groups in total. The van der Waals surface area contributed by atoms with Crippen LogP contribution in [-0.2, 0) is 0 Å². The van der Waals surface area contributed by atoms with Crippen LogP contribution in [0, 0.1) is 6.92 Å². The maximum atomic E-state index is 13.2. The molecule has 0 bridgehead atoms. The lowest BCUT2D eigenvalue weighted by Gasteiger charge is -2.10. The van der Waals surface area contributed by atoms with Gasteiger partial charge in [-0.15, -0.1) is 0 Å². The molecule has 0 saturated heterocycles. The molecular weight excluding hydrogens is 512 g/mol. The quantitative estimate of drug-likeness (QED) is 0.219. The molecule has 6 rings (SSSR count). The van der Waals surface area contributed by atoms with Gasteiger partial charge in [-0.3, -0.25) is 14.7 Å². The number of aromatic nitrogens is 3. The number of fused-ring (bicyclic) bond motifs is 1. The Bertz CT molecular complexity index is 1840. The number of ketones is 1. The second-order valence-electron chi connectivity index (χ2n) is 9.05. The maximum absolute atomic E-state index is 13.2. The first-order chi connectivity index (χ1) is 19.0. The third-order valence-corrected chi connectivity index (χ3v) is 6.61. The average Bonchev–Trinajstić information content (AvgIpc) is 3.60. The normalized spacial score (nSPS) is 11.0. The van der Waals surface area contributed by atoms with Crippen LogP contribution in [0.3, 0.4) is 0 Å². The molecule has 0 aliphatic carbocycles. The second-order valence-corrected chi connectivity index (χ2v) is 9.49. The number of halogens is 1. The standard InChI is InChI=1S/C31H21ClN4O3/c1-18-6-15-26-27(16-18)39-31(35-26)25-17-33-36-28(25)19-9-13-22(14-10-19)34-30(38)24-5-3-2-4-23(24)29(37)20-7-11-21(32)12-8-20/h2-17H,1H3,(H,33,36)(H,34,38). The van der Waals surface area contributed by atoms with E-state index in [4.69, 9.17) is 16.0 Å². The van der Waals surface area contributed by atoms with Gasteiger partial charge in [0.2, 0.25) is 5.89 Å². The SMILES string of the molecule is Cc1ccc2nc(-c3c[nH]nc3-c3ccc(NC(=O)c4ccccc4C(=O)c4ccc(Cl)cc4)cc3)oc2c1. The van der Waals surface area contributed by atoms with Crippen LogP contribution in [0.4, 0.5) is 5.69 Å². The van der Waals surface area contributed by atoms with Crippen molar-refractivity contribution in [1.82, 2.24) is 15.2 Å². The van der Waals surface area contributed by atoms with E-state index >= 15 is 0 Å². The summed E-state index contributed by atoms with van der Waals surface area (Å²) in [5, 5.41) is 10.7. The monoisotopic (exact) mass is 532 g/mol. The highest BCUT2D eigenvalue weighted by Gasteiger charge is 2.19. The number of anilines is 1. The predicted octanol–water partition coefficient (Wildman–Crippen LogP) is 7.33. The Morgan fingerprint density at radius 3 is 2.41 bits per heavy atom. The van der Waals surface area contributed by atoms with E-state index in [1.54, 1.807) is 66.9 Å². The Morgan fingerprint density at radius 2 is 1.64 bits per heavy atom.